The number of aromatic nitrogens is 1. The van der Waals surface area contributed by atoms with Gasteiger partial charge in [0.15, 0.2) is 5.96 Å². The van der Waals surface area contributed by atoms with Crippen molar-refractivity contribution in [3.8, 4) is 0 Å². The van der Waals surface area contributed by atoms with Crippen LogP contribution < -0.4 is 16.2 Å². The van der Waals surface area contributed by atoms with Gasteiger partial charge in [0.25, 0.3) is 5.56 Å². The van der Waals surface area contributed by atoms with E-state index in [1.807, 2.05) is 17.6 Å². The van der Waals surface area contributed by atoms with Gasteiger partial charge in [0.1, 0.15) is 0 Å². The minimum atomic E-state index is 0. The summed E-state index contributed by atoms with van der Waals surface area (Å²) >= 11 is 0. The largest absolute Gasteiger partial charge is 0.356 e. The van der Waals surface area contributed by atoms with Gasteiger partial charge in [-0.05, 0) is 39.2 Å². The van der Waals surface area contributed by atoms with Gasteiger partial charge in [-0.25, -0.2) is 0 Å². The quantitative estimate of drug-likeness (QED) is 0.309. The van der Waals surface area contributed by atoms with Crippen LogP contribution in [0.4, 0.5) is 0 Å². The predicted octanol–water partition coefficient (Wildman–Crippen LogP) is 2.52. The van der Waals surface area contributed by atoms with Crippen molar-refractivity contribution in [2.75, 3.05) is 13.6 Å². The molecule has 0 saturated carbocycles. The van der Waals surface area contributed by atoms with Crippen molar-refractivity contribution in [2.45, 2.75) is 52.6 Å². The van der Waals surface area contributed by atoms with Gasteiger partial charge >= 0.3 is 0 Å². The number of pyridine rings is 1. The third-order valence-corrected chi connectivity index (χ3v) is 3.59. The second-order valence-corrected chi connectivity index (χ2v) is 5.32. The Morgan fingerprint density at radius 1 is 1.36 bits per heavy atom. The number of hydrogen-bond acceptors (Lipinski definition) is 2. The van der Waals surface area contributed by atoms with E-state index in [1.54, 1.807) is 19.2 Å². The fourth-order valence-electron chi connectivity index (χ4n) is 2.04. The Balaban J connectivity index is 0.00000441. The van der Waals surface area contributed by atoms with Gasteiger partial charge in [0, 0.05) is 37.9 Å². The molecule has 1 heterocycles. The van der Waals surface area contributed by atoms with Gasteiger partial charge < -0.3 is 15.2 Å². The van der Waals surface area contributed by atoms with Crippen LogP contribution >= 0.6 is 24.0 Å². The molecule has 0 aliphatic rings. The molecule has 0 aliphatic heterocycles. The Hall–Kier alpha value is -1.05. The molecule has 2 N–H and O–H groups in total. The second-order valence-electron chi connectivity index (χ2n) is 5.32. The Labute approximate surface area is 150 Å². The molecule has 1 rings (SSSR count). The van der Waals surface area contributed by atoms with Crippen molar-refractivity contribution in [3.05, 3.63) is 34.2 Å². The molecular formula is C16H29IN4O. The van der Waals surface area contributed by atoms with Crippen molar-refractivity contribution >= 4 is 29.9 Å². The van der Waals surface area contributed by atoms with Crippen LogP contribution in [0.2, 0.25) is 0 Å². The normalized spacial score (nSPS) is 12.5. The summed E-state index contributed by atoms with van der Waals surface area (Å²) < 4.78 is 1.83. The summed E-state index contributed by atoms with van der Waals surface area (Å²) in [4.78, 5) is 15.9. The summed E-state index contributed by atoms with van der Waals surface area (Å²) in [5.41, 5.74) is 1.10. The van der Waals surface area contributed by atoms with Crippen molar-refractivity contribution < 1.29 is 0 Å². The highest BCUT2D eigenvalue weighted by Gasteiger charge is 2.02. The van der Waals surface area contributed by atoms with Crippen LogP contribution in [0.5, 0.6) is 0 Å². The zero-order valence-electron chi connectivity index (χ0n) is 14.1. The maximum Gasteiger partial charge on any atom is 0.250 e. The molecule has 0 aliphatic carbocycles. The van der Waals surface area contributed by atoms with E-state index in [0.717, 1.165) is 44.0 Å². The van der Waals surface area contributed by atoms with Gasteiger partial charge in [-0.2, -0.15) is 0 Å². The van der Waals surface area contributed by atoms with Crippen LogP contribution in [-0.2, 0) is 6.54 Å². The topological polar surface area (TPSA) is 58.4 Å². The minimum Gasteiger partial charge on any atom is -0.356 e. The number of halogens is 1. The zero-order valence-corrected chi connectivity index (χ0v) is 16.4. The first-order valence-electron chi connectivity index (χ1n) is 7.72. The van der Waals surface area contributed by atoms with Gasteiger partial charge in [0.2, 0.25) is 0 Å². The molecule has 0 radical (unpaired) electrons. The molecule has 1 aromatic rings. The lowest BCUT2D eigenvalue weighted by Crippen LogP contribution is -2.42. The molecule has 5 nitrogen and oxygen atoms in total. The highest BCUT2D eigenvalue weighted by molar-refractivity contribution is 14.0. The van der Waals surface area contributed by atoms with Gasteiger partial charge in [-0.3, -0.25) is 9.79 Å². The molecule has 0 aromatic carbocycles. The molecule has 0 spiro atoms. The standard InChI is InChI=1S/C16H28N4O.HI/c1-5-13(2)19-16(17-4)18-11-6-7-12-20-14(3)9-8-10-15(20)21;/h8-10,13H,5-7,11-12H2,1-4H3,(H2,17,18,19);1H. The molecule has 22 heavy (non-hydrogen) atoms. The first-order chi connectivity index (χ1) is 10.1. The highest BCUT2D eigenvalue weighted by atomic mass is 127. The van der Waals surface area contributed by atoms with Crippen LogP contribution in [0.25, 0.3) is 0 Å². The second kappa shape index (κ2) is 11.5. The molecule has 0 bridgehead atoms. The Bertz CT molecular complexity index is 513. The summed E-state index contributed by atoms with van der Waals surface area (Å²) in [7, 11) is 1.78. The van der Waals surface area contributed by atoms with E-state index in [1.165, 1.54) is 0 Å². The monoisotopic (exact) mass is 420 g/mol. The van der Waals surface area contributed by atoms with E-state index in [9.17, 15) is 4.79 Å². The summed E-state index contributed by atoms with van der Waals surface area (Å²) in [6.45, 7) is 7.88. The van der Waals surface area contributed by atoms with E-state index < -0.39 is 0 Å². The highest BCUT2D eigenvalue weighted by Crippen LogP contribution is 1.97. The van der Waals surface area contributed by atoms with Crippen LogP contribution in [0.3, 0.4) is 0 Å². The number of unbranched alkanes of at least 4 members (excludes halogenated alkanes) is 1. The predicted molar refractivity (Wildman–Crippen MR) is 104 cm³/mol. The number of nitrogens with one attached hydrogen (secondary N) is 2. The van der Waals surface area contributed by atoms with Gasteiger partial charge in [0.05, 0.1) is 0 Å². The number of aryl methyl sites for hydroxylation is 1. The molecule has 1 atom stereocenters. The summed E-state index contributed by atoms with van der Waals surface area (Å²) in [5, 5.41) is 6.63. The van der Waals surface area contributed by atoms with Crippen LogP contribution in [0, 0.1) is 6.92 Å². The van der Waals surface area contributed by atoms with Crippen LogP contribution in [0.15, 0.2) is 28.0 Å². The van der Waals surface area contributed by atoms with E-state index >= 15 is 0 Å². The van der Waals surface area contributed by atoms with Crippen molar-refractivity contribution in [2.24, 2.45) is 4.99 Å². The number of hydrogen-bond donors (Lipinski definition) is 2. The van der Waals surface area contributed by atoms with Gasteiger partial charge in [-0.1, -0.05) is 13.0 Å². The lowest BCUT2D eigenvalue weighted by molar-refractivity contribution is 0.569. The SMILES string of the molecule is CCC(C)NC(=NC)NCCCCn1c(C)cccc1=O.I. The number of nitrogens with zero attached hydrogens (tertiary/aromatic N) is 2. The summed E-state index contributed by atoms with van der Waals surface area (Å²) in [5.74, 6) is 0.845. The van der Waals surface area contributed by atoms with Crippen LogP contribution in [-0.4, -0.2) is 30.2 Å². The average Bonchev–Trinajstić information content (AvgIpc) is 2.48. The first kappa shape index (κ1) is 20.9. The fraction of sp³-hybridized carbons (Fsp3) is 0.625. The Morgan fingerprint density at radius 3 is 2.68 bits per heavy atom. The van der Waals surface area contributed by atoms with E-state index in [0.29, 0.717) is 6.04 Å². The maximum absolute atomic E-state index is 11.7. The van der Waals surface area contributed by atoms with Crippen molar-refractivity contribution in [1.82, 2.24) is 15.2 Å². The molecule has 126 valence electrons. The van der Waals surface area contributed by atoms with Gasteiger partial charge in [-0.15, -0.1) is 24.0 Å². The third-order valence-electron chi connectivity index (χ3n) is 3.59. The molecule has 0 fully saturated rings. The first-order valence-corrected chi connectivity index (χ1v) is 7.72. The van der Waals surface area contributed by atoms with Crippen molar-refractivity contribution in [1.29, 1.82) is 0 Å². The molecule has 6 heteroatoms. The van der Waals surface area contributed by atoms with E-state index in [-0.39, 0.29) is 29.5 Å². The van der Waals surface area contributed by atoms with Crippen LogP contribution in [0.1, 0.15) is 38.8 Å². The molecular weight excluding hydrogens is 391 g/mol. The Kier molecular flexibility index (Phi) is 11.0. The molecule has 0 saturated heterocycles. The molecule has 1 unspecified atom stereocenters. The fourth-order valence-corrected chi connectivity index (χ4v) is 2.04. The average molecular weight is 420 g/mol. The number of rotatable bonds is 7. The van der Waals surface area contributed by atoms with E-state index in [2.05, 4.69) is 29.5 Å². The minimum absolute atomic E-state index is 0. The lowest BCUT2D eigenvalue weighted by Gasteiger charge is -2.16. The lowest BCUT2D eigenvalue weighted by atomic mass is 10.2. The van der Waals surface area contributed by atoms with Crippen molar-refractivity contribution in [3.63, 3.8) is 0 Å². The smallest absolute Gasteiger partial charge is 0.250 e. The summed E-state index contributed by atoms with van der Waals surface area (Å²) in [6.07, 6.45) is 3.04. The third kappa shape index (κ3) is 7.29. The summed E-state index contributed by atoms with van der Waals surface area (Å²) in [6, 6.07) is 5.81. The number of guanidine groups is 1. The molecule has 1 aromatic heterocycles. The Morgan fingerprint density at radius 2 is 2.09 bits per heavy atom. The molecule has 0 amide bonds. The zero-order chi connectivity index (χ0) is 15.7. The number of aliphatic imine (C=N–C) groups is 1. The maximum atomic E-state index is 11.7. The van der Waals surface area contributed by atoms with E-state index in [4.69, 9.17) is 0 Å².